The SMILES string of the molecule is CC(C)NCC(C)(O)CN1CCC(C)C(C)C1. The van der Waals surface area contributed by atoms with Gasteiger partial charge in [-0.15, -0.1) is 0 Å². The van der Waals surface area contributed by atoms with Crippen LogP contribution in [-0.2, 0) is 0 Å². The zero-order chi connectivity index (χ0) is 13.1. The van der Waals surface area contributed by atoms with Crippen molar-refractivity contribution in [2.24, 2.45) is 11.8 Å². The first-order valence-electron chi connectivity index (χ1n) is 6.98. The summed E-state index contributed by atoms with van der Waals surface area (Å²) in [5.74, 6) is 1.57. The first kappa shape index (κ1) is 14.9. The first-order chi connectivity index (χ1) is 7.80. The van der Waals surface area contributed by atoms with Crippen LogP contribution >= 0.6 is 0 Å². The second-order valence-electron chi connectivity index (χ2n) is 6.51. The summed E-state index contributed by atoms with van der Waals surface area (Å²) in [6.07, 6.45) is 1.26. The number of hydrogen-bond donors (Lipinski definition) is 2. The largest absolute Gasteiger partial charge is 0.388 e. The normalized spacial score (nSPS) is 30.5. The van der Waals surface area contributed by atoms with Crippen LogP contribution in [0.1, 0.15) is 41.0 Å². The molecule has 102 valence electrons. The number of nitrogens with one attached hydrogen (secondary N) is 1. The van der Waals surface area contributed by atoms with Crippen molar-refractivity contribution in [2.75, 3.05) is 26.2 Å². The van der Waals surface area contributed by atoms with Gasteiger partial charge in [-0.25, -0.2) is 0 Å². The van der Waals surface area contributed by atoms with Gasteiger partial charge in [-0.05, 0) is 31.7 Å². The maximum absolute atomic E-state index is 10.4. The molecule has 1 aliphatic heterocycles. The summed E-state index contributed by atoms with van der Waals surface area (Å²) >= 11 is 0. The molecule has 1 rings (SSSR count). The summed E-state index contributed by atoms with van der Waals surface area (Å²) in [6, 6.07) is 0.432. The predicted octanol–water partition coefficient (Wildman–Crippen LogP) is 1.71. The third kappa shape index (κ3) is 5.36. The topological polar surface area (TPSA) is 35.5 Å². The highest BCUT2D eigenvalue weighted by molar-refractivity contribution is 4.84. The molecule has 0 amide bonds. The molecule has 2 N–H and O–H groups in total. The minimum absolute atomic E-state index is 0.432. The second-order valence-corrected chi connectivity index (χ2v) is 6.51. The summed E-state index contributed by atoms with van der Waals surface area (Å²) in [5, 5.41) is 13.7. The van der Waals surface area contributed by atoms with Crippen LogP contribution < -0.4 is 5.32 Å². The number of hydrogen-bond acceptors (Lipinski definition) is 3. The molecule has 3 unspecified atom stereocenters. The highest BCUT2D eigenvalue weighted by atomic mass is 16.3. The predicted molar refractivity (Wildman–Crippen MR) is 73.1 cm³/mol. The third-order valence-electron chi connectivity index (χ3n) is 3.87. The minimum atomic E-state index is -0.620. The van der Waals surface area contributed by atoms with E-state index in [2.05, 4.69) is 37.9 Å². The number of rotatable bonds is 5. The lowest BCUT2D eigenvalue weighted by Crippen LogP contribution is -2.51. The molecule has 1 heterocycles. The first-order valence-corrected chi connectivity index (χ1v) is 6.98. The maximum atomic E-state index is 10.4. The van der Waals surface area contributed by atoms with E-state index in [-0.39, 0.29) is 0 Å². The van der Waals surface area contributed by atoms with Gasteiger partial charge in [-0.2, -0.15) is 0 Å². The number of aliphatic hydroxyl groups is 1. The smallest absolute Gasteiger partial charge is 0.0869 e. The third-order valence-corrected chi connectivity index (χ3v) is 3.87. The summed E-state index contributed by atoms with van der Waals surface area (Å²) in [4.78, 5) is 2.41. The van der Waals surface area contributed by atoms with E-state index in [1.54, 1.807) is 0 Å². The Kier molecular flexibility index (Phi) is 5.42. The van der Waals surface area contributed by atoms with Crippen molar-refractivity contribution in [1.82, 2.24) is 10.2 Å². The monoisotopic (exact) mass is 242 g/mol. The van der Waals surface area contributed by atoms with Crippen LogP contribution in [0, 0.1) is 11.8 Å². The molecule has 0 spiro atoms. The van der Waals surface area contributed by atoms with Gasteiger partial charge in [0.05, 0.1) is 5.60 Å². The highest BCUT2D eigenvalue weighted by Gasteiger charge is 2.28. The molecule has 3 atom stereocenters. The zero-order valence-corrected chi connectivity index (χ0v) is 12.2. The minimum Gasteiger partial charge on any atom is -0.388 e. The van der Waals surface area contributed by atoms with E-state index in [0.29, 0.717) is 12.6 Å². The Morgan fingerprint density at radius 1 is 1.35 bits per heavy atom. The van der Waals surface area contributed by atoms with Gasteiger partial charge in [-0.3, -0.25) is 0 Å². The van der Waals surface area contributed by atoms with Crippen LogP contribution in [0.25, 0.3) is 0 Å². The highest BCUT2D eigenvalue weighted by Crippen LogP contribution is 2.23. The molecule has 0 aromatic carbocycles. The van der Waals surface area contributed by atoms with E-state index in [1.165, 1.54) is 6.42 Å². The van der Waals surface area contributed by atoms with Gasteiger partial charge in [-0.1, -0.05) is 27.7 Å². The molecule has 0 bridgehead atoms. The molecule has 0 aromatic heterocycles. The van der Waals surface area contributed by atoms with Gasteiger partial charge in [0.2, 0.25) is 0 Å². The quantitative estimate of drug-likeness (QED) is 0.770. The molecule has 1 saturated heterocycles. The fraction of sp³-hybridized carbons (Fsp3) is 1.00. The van der Waals surface area contributed by atoms with Crippen molar-refractivity contribution < 1.29 is 5.11 Å². The number of β-amino-alcohol motifs (C(OH)–C–C–N with tert-alkyl or cyclic N) is 1. The van der Waals surface area contributed by atoms with E-state index in [0.717, 1.165) is 31.5 Å². The van der Waals surface area contributed by atoms with Crippen LogP contribution in [0.15, 0.2) is 0 Å². The van der Waals surface area contributed by atoms with Crippen LogP contribution in [0.5, 0.6) is 0 Å². The molecule has 1 aliphatic rings. The average molecular weight is 242 g/mol. The summed E-state index contributed by atoms with van der Waals surface area (Å²) < 4.78 is 0. The second kappa shape index (κ2) is 6.17. The molecule has 0 aliphatic carbocycles. The Labute approximate surface area is 107 Å². The standard InChI is InChI=1S/C14H30N2O/c1-11(2)15-9-14(5,17)10-16-7-6-12(3)13(4)8-16/h11-13,15,17H,6-10H2,1-5H3. The van der Waals surface area contributed by atoms with Gasteiger partial charge in [0.1, 0.15) is 0 Å². The lowest BCUT2D eigenvalue weighted by atomic mass is 9.88. The Hall–Kier alpha value is -0.120. The number of nitrogens with zero attached hydrogens (tertiary/aromatic N) is 1. The fourth-order valence-electron chi connectivity index (χ4n) is 2.45. The maximum Gasteiger partial charge on any atom is 0.0869 e. The van der Waals surface area contributed by atoms with E-state index in [9.17, 15) is 5.11 Å². The van der Waals surface area contributed by atoms with Crippen molar-refractivity contribution in [3.63, 3.8) is 0 Å². The summed E-state index contributed by atoms with van der Waals surface area (Å²) in [5.41, 5.74) is -0.620. The number of piperidine rings is 1. The van der Waals surface area contributed by atoms with E-state index < -0.39 is 5.60 Å². The Balaban J connectivity index is 2.36. The van der Waals surface area contributed by atoms with E-state index in [1.807, 2.05) is 6.92 Å². The van der Waals surface area contributed by atoms with Crippen LogP contribution in [-0.4, -0.2) is 47.8 Å². The molecular formula is C14H30N2O. The lowest BCUT2D eigenvalue weighted by Gasteiger charge is -2.39. The molecule has 1 fully saturated rings. The fourth-order valence-corrected chi connectivity index (χ4v) is 2.45. The van der Waals surface area contributed by atoms with Crippen LogP contribution in [0.4, 0.5) is 0 Å². The number of likely N-dealkylation sites (tertiary alicyclic amines) is 1. The molecule has 3 heteroatoms. The molecule has 0 saturated carbocycles. The van der Waals surface area contributed by atoms with Crippen molar-refractivity contribution in [3.8, 4) is 0 Å². The van der Waals surface area contributed by atoms with Crippen LogP contribution in [0.3, 0.4) is 0 Å². The van der Waals surface area contributed by atoms with Gasteiger partial charge >= 0.3 is 0 Å². The molecule has 17 heavy (non-hydrogen) atoms. The molecule has 0 radical (unpaired) electrons. The average Bonchev–Trinajstić information content (AvgIpc) is 2.21. The van der Waals surface area contributed by atoms with E-state index >= 15 is 0 Å². The summed E-state index contributed by atoms with van der Waals surface area (Å²) in [7, 11) is 0. The molecule has 3 nitrogen and oxygen atoms in total. The van der Waals surface area contributed by atoms with Gasteiger partial charge in [0, 0.05) is 25.7 Å². The Morgan fingerprint density at radius 2 is 2.00 bits per heavy atom. The van der Waals surface area contributed by atoms with Gasteiger partial charge in [0.15, 0.2) is 0 Å². The Morgan fingerprint density at radius 3 is 2.53 bits per heavy atom. The molecular weight excluding hydrogens is 212 g/mol. The Bertz CT molecular complexity index is 228. The van der Waals surface area contributed by atoms with Crippen LogP contribution in [0.2, 0.25) is 0 Å². The van der Waals surface area contributed by atoms with Gasteiger partial charge < -0.3 is 15.3 Å². The van der Waals surface area contributed by atoms with Gasteiger partial charge in [0.25, 0.3) is 0 Å². The van der Waals surface area contributed by atoms with Crippen molar-refractivity contribution >= 4 is 0 Å². The zero-order valence-electron chi connectivity index (χ0n) is 12.2. The summed E-state index contributed by atoms with van der Waals surface area (Å²) in [6.45, 7) is 14.5. The van der Waals surface area contributed by atoms with E-state index in [4.69, 9.17) is 0 Å². The van der Waals surface area contributed by atoms with Crippen molar-refractivity contribution in [3.05, 3.63) is 0 Å². The molecule has 0 aromatic rings. The van der Waals surface area contributed by atoms with Crippen molar-refractivity contribution in [2.45, 2.75) is 52.7 Å². The lowest BCUT2D eigenvalue weighted by molar-refractivity contribution is 0.000881. The van der Waals surface area contributed by atoms with Crippen molar-refractivity contribution in [1.29, 1.82) is 0 Å².